The molecule has 2 rings (SSSR count). The van der Waals surface area contributed by atoms with E-state index in [1.807, 2.05) is 0 Å². The molecule has 2 aromatic heterocycles. The molecule has 0 atom stereocenters. The number of rotatable bonds is 1. The molecule has 0 radical (unpaired) electrons. The Morgan fingerprint density at radius 1 is 1.24 bits per heavy atom. The molecule has 0 fully saturated rings. The van der Waals surface area contributed by atoms with Gasteiger partial charge in [-0.05, 0) is 12.1 Å². The van der Waals surface area contributed by atoms with Crippen molar-refractivity contribution in [3.05, 3.63) is 34.9 Å². The molecule has 0 aliphatic heterocycles. The highest BCUT2D eigenvalue weighted by atomic mass is 32.2. The summed E-state index contributed by atoms with van der Waals surface area (Å²) in [5.41, 5.74) is -7.15. The summed E-state index contributed by atoms with van der Waals surface area (Å²) in [4.78, 5) is 11.4. The third kappa shape index (κ3) is 1.60. The Morgan fingerprint density at radius 3 is 2.41 bits per heavy atom. The first-order chi connectivity index (χ1) is 7.75. The first-order valence-electron chi connectivity index (χ1n) is 4.13. The lowest BCUT2D eigenvalue weighted by Crippen LogP contribution is -2.37. The van der Waals surface area contributed by atoms with Crippen molar-refractivity contribution in [2.24, 2.45) is 0 Å². The van der Waals surface area contributed by atoms with Crippen molar-refractivity contribution >= 4 is 15.7 Å². The lowest BCUT2D eigenvalue weighted by Gasteiger charge is -2.04. The highest BCUT2D eigenvalue weighted by Gasteiger charge is 2.49. The zero-order valence-electron chi connectivity index (χ0n) is 7.92. The van der Waals surface area contributed by atoms with Crippen molar-refractivity contribution in [3.8, 4) is 0 Å². The smallest absolute Gasteiger partial charge is 0.249 e. The van der Waals surface area contributed by atoms with Crippen LogP contribution >= 0.6 is 0 Å². The van der Waals surface area contributed by atoms with E-state index in [1.54, 1.807) is 0 Å². The maximum atomic E-state index is 12.2. The second-order valence-electron chi connectivity index (χ2n) is 3.01. The quantitative estimate of drug-likeness (QED) is 0.739. The largest absolute Gasteiger partial charge is 0.518 e. The molecule has 10 heteroatoms. The highest BCUT2D eigenvalue weighted by molar-refractivity contribution is 7.90. The lowest BCUT2D eigenvalue weighted by atomic mass is 10.5. The molecule has 0 aliphatic rings. The average Bonchev–Trinajstić information content (AvgIpc) is 2.56. The van der Waals surface area contributed by atoms with Crippen LogP contribution in [-0.4, -0.2) is 27.5 Å². The summed E-state index contributed by atoms with van der Waals surface area (Å²) in [5, 5.41) is 3.11. The van der Waals surface area contributed by atoms with Crippen molar-refractivity contribution in [1.29, 1.82) is 0 Å². The minimum absolute atomic E-state index is 0.190. The summed E-state index contributed by atoms with van der Waals surface area (Å²) in [6.07, 6.45) is 1.12. The number of hydrogen-bond donors (Lipinski definition) is 0. The molecule has 0 aromatic carbocycles. The van der Waals surface area contributed by atoms with Crippen LogP contribution in [0.15, 0.2) is 29.2 Å². The van der Waals surface area contributed by atoms with Crippen molar-refractivity contribution in [3.63, 3.8) is 0 Å². The van der Waals surface area contributed by atoms with Gasteiger partial charge < -0.3 is 0 Å². The molecule has 0 saturated heterocycles. The Balaban J connectivity index is 2.83. The molecule has 2 aromatic rings. The van der Waals surface area contributed by atoms with E-state index in [0.29, 0.717) is 4.40 Å². The van der Waals surface area contributed by atoms with Crippen molar-refractivity contribution < 1.29 is 21.6 Å². The molecule has 92 valence electrons. The van der Waals surface area contributed by atoms with Crippen molar-refractivity contribution in [2.45, 2.75) is 5.51 Å². The topological polar surface area (TPSA) is 73.4 Å². The Hall–Kier alpha value is -1.84. The van der Waals surface area contributed by atoms with E-state index < -0.39 is 25.3 Å². The monoisotopic (exact) mass is 267 g/mol. The maximum Gasteiger partial charge on any atom is 0.518 e. The molecule has 17 heavy (non-hydrogen) atoms. The Morgan fingerprint density at radius 2 is 1.88 bits per heavy atom. The van der Waals surface area contributed by atoms with E-state index >= 15 is 0 Å². The number of fused-ring (bicyclic) bond motifs is 1. The Kier molecular flexibility index (Phi) is 2.28. The number of aromatic nitrogens is 3. The van der Waals surface area contributed by atoms with Crippen LogP contribution in [0.3, 0.4) is 0 Å². The van der Waals surface area contributed by atoms with E-state index in [0.717, 1.165) is 6.20 Å². The molecule has 0 saturated carbocycles. The minimum atomic E-state index is -5.80. The van der Waals surface area contributed by atoms with E-state index in [-0.39, 0.29) is 5.65 Å². The maximum absolute atomic E-state index is 12.2. The molecular formula is C7H4F3N3O3S. The third-order valence-electron chi connectivity index (χ3n) is 1.92. The van der Waals surface area contributed by atoms with Gasteiger partial charge in [-0.2, -0.15) is 21.6 Å². The molecular weight excluding hydrogens is 263 g/mol. The van der Waals surface area contributed by atoms with Gasteiger partial charge in [0.2, 0.25) is 0 Å². The Bertz CT molecular complexity index is 728. The van der Waals surface area contributed by atoms with Gasteiger partial charge in [-0.1, -0.05) is 10.2 Å². The fraction of sp³-hybridized carbons (Fsp3) is 0.143. The molecule has 0 unspecified atom stereocenters. The third-order valence-corrected chi connectivity index (χ3v) is 3.20. The SMILES string of the molecule is O=c1n(S(=O)(=O)C(F)(F)F)nc2ccccn12. The summed E-state index contributed by atoms with van der Waals surface area (Å²) in [6, 6.07) is 3.98. The van der Waals surface area contributed by atoms with Gasteiger partial charge in [0, 0.05) is 6.20 Å². The average molecular weight is 267 g/mol. The molecule has 0 N–H and O–H groups in total. The molecule has 0 aliphatic carbocycles. The van der Waals surface area contributed by atoms with E-state index in [2.05, 4.69) is 5.10 Å². The zero-order valence-corrected chi connectivity index (χ0v) is 8.73. The van der Waals surface area contributed by atoms with Crippen LogP contribution < -0.4 is 5.69 Å². The molecule has 6 nitrogen and oxygen atoms in total. The number of alkyl halides is 3. The van der Waals surface area contributed by atoms with Crippen molar-refractivity contribution in [2.75, 3.05) is 0 Å². The predicted octanol–water partition coefficient (Wildman–Crippen LogP) is 0.194. The van der Waals surface area contributed by atoms with E-state index in [9.17, 15) is 26.4 Å². The van der Waals surface area contributed by atoms with E-state index in [1.165, 1.54) is 18.2 Å². The molecule has 0 spiro atoms. The molecule has 0 amide bonds. The van der Waals surface area contributed by atoms with E-state index in [4.69, 9.17) is 0 Å². The van der Waals surface area contributed by atoms with Gasteiger partial charge in [-0.15, -0.1) is 5.10 Å². The van der Waals surface area contributed by atoms with Crippen LogP contribution in [-0.2, 0) is 10.0 Å². The van der Waals surface area contributed by atoms with Crippen LogP contribution in [0.5, 0.6) is 0 Å². The van der Waals surface area contributed by atoms with Crippen LogP contribution in [0.25, 0.3) is 5.65 Å². The van der Waals surface area contributed by atoms with Crippen LogP contribution in [0.4, 0.5) is 13.2 Å². The minimum Gasteiger partial charge on any atom is -0.249 e. The number of nitrogens with zero attached hydrogens (tertiary/aromatic N) is 3. The molecule has 2 heterocycles. The van der Waals surface area contributed by atoms with Gasteiger partial charge >= 0.3 is 21.2 Å². The van der Waals surface area contributed by atoms with Crippen LogP contribution in [0.2, 0.25) is 0 Å². The summed E-state index contributed by atoms with van der Waals surface area (Å²) < 4.78 is 58.8. The van der Waals surface area contributed by atoms with Crippen LogP contribution in [0, 0.1) is 0 Å². The summed E-state index contributed by atoms with van der Waals surface area (Å²) in [6.45, 7) is 0. The first kappa shape index (κ1) is 11.6. The number of pyridine rings is 1. The normalized spacial score (nSPS) is 13.1. The van der Waals surface area contributed by atoms with Gasteiger partial charge in [0.25, 0.3) is 0 Å². The van der Waals surface area contributed by atoms with Gasteiger partial charge in [-0.3, -0.25) is 0 Å². The lowest BCUT2D eigenvalue weighted by molar-refractivity contribution is -0.0450. The predicted molar refractivity (Wildman–Crippen MR) is 49.8 cm³/mol. The van der Waals surface area contributed by atoms with Gasteiger partial charge in [0.05, 0.1) is 0 Å². The van der Waals surface area contributed by atoms with Crippen molar-refractivity contribution in [1.82, 2.24) is 13.6 Å². The fourth-order valence-corrected chi connectivity index (χ4v) is 1.84. The summed E-state index contributed by atoms with van der Waals surface area (Å²) in [5.74, 6) is 0. The molecule has 0 bridgehead atoms. The van der Waals surface area contributed by atoms with Gasteiger partial charge in [0.15, 0.2) is 5.65 Å². The van der Waals surface area contributed by atoms with Gasteiger partial charge in [-0.25, -0.2) is 9.20 Å². The van der Waals surface area contributed by atoms with Crippen LogP contribution in [0.1, 0.15) is 0 Å². The Labute approximate surface area is 92.0 Å². The zero-order chi connectivity index (χ0) is 12.8. The number of hydrogen-bond acceptors (Lipinski definition) is 4. The number of halogens is 3. The fourth-order valence-electron chi connectivity index (χ4n) is 1.16. The standard InChI is InChI=1S/C7H4F3N3O3S/c8-7(9,10)17(15,16)13-6(14)12-4-2-1-3-5(12)11-13/h1-4H. The van der Waals surface area contributed by atoms with Gasteiger partial charge in [0.1, 0.15) is 0 Å². The highest BCUT2D eigenvalue weighted by Crippen LogP contribution is 2.23. The second kappa shape index (κ2) is 3.32. The summed E-state index contributed by atoms with van der Waals surface area (Å²) in [7, 11) is -5.80. The second-order valence-corrected chi connectivity index (χ2v) is 4.76. The summed E-state index contributed by atoms with van der Waals surface area (Å²) >= 11 is 0. The first-order valence-corrected chi connectivity index (χ1v) is 5.57.